The molecule has 2 rings (SSSR count). The highest BCUT2D eigenvalue weighted by Gasteiger charge is 2.33. The summed E-state index contributed by atoms with van der Waals surface area (Å²) in [6.07, 6.45) is 4.48. The molecule has 1 aliphatic carbocycles. The first-order chi connectivity index (χ1) is 8.62. The number of rotatable bonds is 5. The van der Waals surface area contributed by atoms with Gasteiger partial charge < -0.3 is 15.2 Å². The van der Waals surface area contributed by atoms with E-state index in [2.05, 4.69) is 10.4 Å². The van der Waals surface area contributed by atoms with Gasteiger partial charge in [-0.05, 0) is 19.8 Å². The maximum absolute atomic E-state index is 9.58. The molecule has 0 saturated heterocycles. The van der Waals surface area contributed by atoms with E-state index in [4.69, 9.17) is 4.74 Å². The molecule has 0 radical (unpaired) electrons. The monoisotopic (exact) mass is 253 g/mol. The van der Waals surface area contributed by atoms with E-state index in [-0.39, 0.29) is 12.1 Å². The third kappa shape index (κ3) is 2.37. The summed E-state index contributed by atoms with van der Waals surface area (Å²) < 4.78 is 7.13. The van der Waals surface area contributed by atoms with Crippen LogP contribution in [0.25, 0.3) is 0 Å². The second kappa shape index (κ2) is 5.28. The summed E-state index contributed by atoms with van der Waals surface area (Å²) in [5.74, 6) is 0.797. The van der Waals surface area contributed by atoms with Crippen molar-refractivity contribution in [3.63, 3.8) is 0 Å². The number of methoxy groups -OCH3 is 1. The maximum atomic E-state index is 9.58. The van der Waals surface area contributed by atoms with Crippen molar-refractivity contribution in [2.45, 2.75) is 44.7 Å². The standard InChI is InChI=1S/C13H23N3O2/c1-10-11(12(18-3)16(2)15-10)8-14-13(9-17)6-4-5-7-13/h14,17H,4-9H2,1-3H3. The van der Waals surface area contributed by atoms with Crippen molar-refractivity contribution in [1.82, 2.24) is 15.1 Å². The Kier molecular flexibility index (Phi) is 3.92. The van der Waals surface area contributed by atoms with Crippen molar-refractivity contribution >= 4 is 0 Å². The molecule has 1 aromatic heterocycles. The molecule has 0 aliphatic heterocycles. The molecule has 18 heavy (non-hydrogen) atoms. The number of hydrogen-bond acceptors (Lipinski definition) is 4. The molecule has 1 fully saturated rings. The van der Waals surface area contributed by atoms with Gasteiger partial charge in [-0.25, -0.2) is 4.68 Å². The summed E-state index contributed by atoms with van der Waals surface area (Å²) in [6, 6.07) is 0. The van der Waals surface area contributed by atoms with Crippen molar-refractivity contribution in [2.24, 2.45) is 7.05 Å². The second-order valence-corrected chi connectivity index (χ2v) is 5.20. The van der Waals surface area contributed by atoms with Gasteiger partial charge in [0.05, 0.1) is 25.0 Å². The van der Waals surface area contributed by atoms with E-state index in [1.54, 1.807) is 11.8 Å². The summed E-state index contributed by atoms with van der Waals surface area (Å²) in [5, 5.41) is 17.5. The topological polar surface area (TPSA) is 59.3 Å². The lowest BCUT2D eigenvalue weighted by Gasteiger charge is -2.28. The summed E-state index contributed by atoms with van der Waals surface area (Å²) >= 11 is 0. The summed E-state index contributed by atoms with van der Waals surface area (Å²) in [4.78, 5) is 0. The van der Waals surface area contributed by atoms with Gasteiger partial charge in [-0.1, -0.05) is 12.8 Å². The highest BCUT2D eigenvalue weighted by atomic mass is 16.5. The zero-order valence-electron chi connectivity index (χ0n) is 11.5. The lowest BCUT2D eigenvalue weighted by molar-refractivity contribution is 0.162. The van der Waals surface area contributed by atoms with Crippen LogP contribution in [0, 0.1) is 6.92 Å². The van der Waals surface area contributed by atoms with Crippen molar-refractivity contribution in [2.75, 3.05) is 13.7 Å². The molecule has 0 atom stereocenters. The van der Waals surface area contributed by atoms with Gasteiger partial charge in [-0.2, -0.15) is 5.10 Å². The molecule has 0 spiro atoms. The number of aliphatic hydroxyl groups is 1. The highest BCUT2D eigenvalue weighted by Crippen LogP contribution is 2.30. The van der Waals surface area contributed by atoms with Crippen LogP contribution in [0.5, 0.6) is 5.88 Å². The molecule has 5 nitrogen and oxygen atoms in total. The number of hydrogen-bond donors (Lipinski definition) is 2. The molecule has 1 aliphatic rings. The molecule has 1 aromatic rings. The van der Waals surface area contributed by atoms with E-state index in [1.807, 2.05) is 14.0 Å². The molecule has 0 bridgehead atoms. The van der Waals surface area contributed by atoms with Crippen LogP contribution in [0.3, 0.4) is 0 Å². The van der Waals surface area contributed by atoms with E-state index in [0.29, 0.717) is 6.54 Å². The number of aryl methyl sites for hydroxylation is 2. The van der Waals surface area contributed by atoms with Crippen LogP contribution in [0.4, 0.5) is 0 Å². The Hall–Kier alpha value is -1.07. The van der Waals surface area contributed by atoms with Crippen molar-refractivity contribution in [3.8, 4) is 5.88 Å². The summed E-state index contributed by atoms with van der Waals surface area (Å²) in [5.41, 5.74) is 1.96. The predicted molar refractivity (Wildman–Crippen MR) is 69.6 cm³/mol. The first-order valence-electron chi connectivity index (χ1n) is 6.54. The van der Waals surface area contributed by atoms with Crippen LogP contribution >= 0.6 is 0 Å². The van der Waals surface area contributed by atoms with E-state index in [1.165, 1.54) is 12.8 Å². The summed E-state index contributed by atoms with van der Waals surface area (Å²) in [6.45, 7) is 2.89. The van der Waals surface area contributed by atoms with Crippen LogP contribution < -0.4 is 10.1 Å². The van der Waals surface area contributed by atoms with Gasteiger partial charge in [-0.3, -0.25) is 0 Å². The van der Waals surface area contributed by atoms with E-state index >= 15 is 0 Å². The fourth-order valence-corrected chi connectivity index (χ4v) is 2.86. The number of aliphatic hydroxyl groups excluding tert-OH is 1. The predicted octanol–water partition coefficient (Wildman–Crippen LogP) is 1.13. The quantitative estimate of drug-likeness (QED) is 0.826. The Morgan fingerprint density at radius 1 is 1.44 bits per heavy atom. The Morgan fingerprint density at radius 3 is 2.67 bits per heavy atom. The largest absolute Gasteiger partial charge is 0.481 e. The van der Waals surface area contributed by atoms with Crippen molar-refractivity contribution in [3.05, 3.63) is 11.3 Å². The average molecular weight is 253 g/mol. The third-order valence-electron chi connectivity index (χ3n) is 3.99. The molecule has 0 amide bonds. The van der Waals surface area contributed by atoms with Crippen molar-refractivity contribution < 1.29 is 9.84 Å². The van der Waals surface area contributed by atoms with E-state index in [0.717, 1.165) is 30.0 Å². The van der Waals surface area contributed by atoms with Gasteiger partial charge in [0.25, 0.3) is 0 Å². The molecule has 102 valence electrons. The maximum Gasteiger partial charge on any atom is 0.216 e. The van der Waals surface area contributed by atoms with Gasteiger partial charge in [0.1, 0.15) is 0 Å². The molecule has 0 unspecified atom stereocenters. The highest BCUT2D eigenvalue weighted by molar-refractivity contribution is 5.31. The molecule has 1 heterocycles. The van der Waals surface area contributed by atoms with Gasteiger partial charge in [-0.15, -0.1) is 0 Å². The normalized spacial score (nSPS) is 18.2. The van der Waals surface area contributed by atoms with Gasteiger partial charge >= 0.3 is 0 Å². The molecule has 2 N–H and O–H groups in total. The van der Waals surface area contributed by atoms with Crippen LogP contribution in [0.15, 0.2) is 0 Å². The molecule has 1 saturated carbocycles. The smallest absolute Gasteiger partial charge is 0.216 e. The zero-order valence-corrected chi connectivity index (χ0v) is 11.5. The minimum Gasteiger partial charge on any atom is -0.481 e. The van der Waals surface area contributed by atoms with Crippen LogP contribution in [-0.2, 0) is 13.6 Å². The third-order valence-corrected chi connectivity index (χ3v) is 3.99. The van der Waals surface area contributed by atoms with E-state index in [9.17, 15) is 5.11 Å². The number of nitrogens with zero attached hydrogens (tertiary/aromatic N) is 2. The van der Waals surface area contributed by atoms with Crippen LogP contribution in [-0.4, -0.2) is 34.1 Å². The molecule has 5 heteroatoms. The second-order valence-electron chi connectivity index (χ2n) is 5.20. The Bertz CT molecular complexity index is 409. The number of nitrogens with one attached hydrogen (secondary N) is 1. The van der Waals surface area contributed by atoms with Gasteiger partial charge in [0, 0.05) is 19.1 Å². The Morgan fingerprint density at radius 2 is 2.11 bits per heavy atom. The van der Waals surface area contributed by atoms with Gasteiger partial charge in [0.15, 0.2) is 0 Å². The molecule has 0 aromatic carbocycles. The minimum absolute atomic E-state index is 0.104. The lowest BCUT2D eigenvalue weighted by Crippen LogP contribution is -2.45. The molecular formula is C13H23N3O2. The minimum atomic E-state index is -0.104. The first kappa shape index (κ1) is 13.4. The van der Waals surface area contributed by atoms with E-state index < -0.39 is 0 Å². The number of aromatic nitrogens is 2. The fourth-order valence-electron chi connectivity index (χ4n) is 2.86. The number of ether oxygens (including phenoxy) is 1. The molecular weight excluding hydrogens is 230 g/mol. The first-order valence-corrected chi connectivity index (χ1v) is 6.54. The van der Waals surface area contributed by atoms with Crippen molar-refractivity contribution in [1.29, 1.82) is 0 Å². The Balaban J connectivity index is 2.10. The fraction of sp³-hybridized carbons (Fsp3) is 0.769. The zero-order chi connectivity index (χ0) is 13.2. The van der Waals surface area contributed by atoms with Crippen LogP contribution in [0.2, 0.25) is 0 Å². The average Bonchev–Trinajstić information content (AvgIpc) is 2.92. The Labute approximate surface area is 108 Å². The summed E-state index contributed by atoms with van der Waals surface area (Å²) in [7, 11) is 3.55. The van der Waals surface area contributed by atoms with Crippen LogP contribution in [0.1, 0.15) is 36.9 Å². The SMILES string of the molecule is COc1c(CNC2(CO)CCCC2)c(C)nn1C. The van der Waals surface area contributed by atoms with Gasteiger partial charge in [0.2, 0.25) is 5.88 Å². The lowest BCUT2D eigenvalue weighted by atomic mass is 9.98.